The number of hydrogen-bond donors (Lipinski definition) is 1. The van der Waals surface area contributed by atoms with Gasteiger partial charge in [0.15, 0.2) is 9.84 Å². The molecule has 1 aromatic rings. The number of sulfone groups is 1. The third-order valence-corrected chi connectivity index (χ3v) is 3.61. The largest absolute Gasteiger partial charge is 0.481 e. The maximum atomic E-state index is 11.5. The summed E-state index contributed by atoms with van der Waals surface area (Å²) in [5.41, 5.74) is 0.211. The van der Waals surface area contributed by atoms with Crippen molar-refractivity contribution in [3.63, 3.8) is 0 Å². The lowest BCUT2D eigenvalue weighted by molar-refractivity contribution is -0.138. The van der Waals surface area contributed by atoms with Gasteiger partial charge in [-0.05, 0) is 30.7 Å². The van der Waals surface area contributed by atoms with Crippen LogP contribution >= 0.6 is 11.6 Å². The average Bonchev–Trinajstić information content (AvgIpc) is 2.14. The first kappa shape index (κ1) is 13.0. The Labute approximate surface area is 98.8 Å². The number of benzene rings is 1. The highest BCUT2D eigenvalue weighted by molar-refractivity contribution is 7.90. The number of carboxylic acids is 1. The molecule has 0 fully saturated rings. The Hall–Kier alpha value is -1.07. The van der Waals surface area contributed by atoms with Crippen LogP contribution in [0.4, 0.5) is 0 Å². The number of aliphatic carboxylic acids is 1. The van der Waals surface area contributed by atoms with Crippen molar-refractivity contribution < 1.29 is 18.3 Å². The van der Waals surface area contributed by atoms with Crippen molar-refractivity contribution in [2.24, 2.45) is 0 Å². The van der Waals surface area contributed by atoms with Gasteiger partial charge in [0.25, 0.3) is 0 Å². The molecule has 0 radical (unpaired) electrons. The van der Waals surface area contributed by atoms with Gasteiger partial charge in [-0.15, -0.1) is 0 Å². The van der Waals surface area contributed by atoms with Crippen LogP contribution in [-0.4, -0.2) is 25.7 Å². The van der Waals surface area contributed by atoms with Gasteiger partial charge in [-0.2, -0.15) is 0 Å². The van der Waals surface area contributed by atoms with Crippen LogP contribution in [0.5, 0.6) is 0 Å². The fourth-order valence-corrected chi connectivity index (χ4v) is 2.49. The van der Waals surface area contributed by atoms with Gasteiger partial charge in [-0.1, -0.05) is 11.6 Å². The zero-order chi connectivity index (χ0) is 12.5. The number of rotatable bonds is 3. The first-order valence-electron chi connectivity index (χ1n) is 4.46. The van der Waals surface area contributed by atoms with Crippen LogP contribution in [0.3, 0.4) is 0 Å². The SMILES string of the molecule is CC(C(=O)O)c1cc(Cl)ccc1S(C)(=O)=O. The van der Waals surface area contributed by atoms with Crippen LogP contribution in [0.2, 0.25) is 5.02 Å². The molecule has 0 spiro atoms. The van der Waals surface area contributed by atoms with Crippen LogP contribution in [0.15, 0.2) is 23.1 Å². The van der Waals surface area contributed by atoms with E-state index in [0.29, 0.717) is 5.02 Å². The normalized spacial score (nSPS) is 13.4. The van der Waals surface area contributed by atoms with Gasteiger partial charge in [0.1, 0.15) is 0 Å². The molecule has 1 aromatic carbocycles. The van der Waals surface area contributed by atoms with Crippen molar-refractivity contribution >= 4 is 27.4 Å². The quantitative estimate of drug-likeness (QED) is 0.904. The fraction of sp³-hybridized carbons (Fsp3) is 0.300. The van der Waals surface area contributed by atoms with E-state index in [1.165, 1.54) is 25.1 Å². The highest BCUT2D eigenvalue weighted by atomic mass is 35.5. The molecule has 0 aliphatic heterocycles. The van der Waals surface area contributed by atoms with Gasteiger partial charge in [0.2, 0.25) is 0 Å². The predicted octanol–water partition coefficient (Wildman–Crippen LogP) is 1.93. The molecule has 4 nitrogen and oxygen atoms in total. The smallest absolute Gasteiger partial charge is 0.310 e. The van der Waals surface area contributed by atoms with Crippen molar-refractivity contribution in [1.29, 1.82) is 0 Å². The summed E-state index contributed by atoms with van der Waals surface area (Å²) in [7, 11) is -3.45. The van der Waals surface area contributed by atoms with E-state index in [0.717, 1.165) is 6.26 Å². The molecule has 0 saturated heterocycles. The summed E-state index contributed by atoms with van der Waals surface area (Å²) in [6.07, 6.45) is 1.04. The molecule has 1 atom stereocenters. The van der Waals surface area contributed by atoms with E-state index >= 15 is 0 Å². The number of hydrogen-bond acceptors (Lipinski definition) is 3. The zero-order valence-electron chi connectivity index (χ0n) is 8.77. The Morgan fingerprint density at radius 3 is 2.44 bits per heavy atom. The molecule has 0 bridgehead atoms. The minimum Gasteiger partial charge on any atom is -0.481 e. The first-order chi connectivity index (χ1) is 7.23. The second-order valence-corrected chi connectivity index (χ2v) is 5.93. The predicted molar refractivity (Wildman–Crippen MR) is 60.6 cm³/mol. The highest BCUT2D eigenvalue weighted by Crippen LogP contribution is 2.27. The summed E-state index contributed by atoms with van der Waals surface area (Å²) in [6, 6.07) is 4.12. The minimum absolute atomic E-state index is 0.00630. The molecule has 0 heterocycles. The highest BCUT2D eigenvalue weighted by Gasteiger charge is 2.22. The summed E-state index contributed by atoms with van der Waals surface area (Å²) >= 11 is 5.73. The Kier molecular flexibility index (Phi) is 3.60. The van der Waals surface area contributed by atoms with Gasteiger partial charge in [-0.3, -0.25) is 4.79 Å². The van der Waals surface area contributed by atoms with E-state index in [1.807, 2.05) is 0 Å². The zero-order valence-corrected chi connectivity index (χ0v) is 10.3. The Balaban J connectivity index is 3.47. The van der Waals surface area contributed by atoms with Crippen LogP contribution in [0, 0.1) is 0 Å². The molecule has 0 aromatic heterocycles. The molecule has 1 unspecified atom stereocenters. The number of halogens is 1. The van der Waals surface area contributed by atoms with Gasteiger partial charge >= 0.3 is 5.97 Å². The maximum Gasteiger partial charge on any atom is 0.310 e. The first-order valence-corrected chi connectivity index (χ1v) is 6.72. The van der Waals surface area contributed by atoms with Crippen LogP contribution in [0.25, 0.3) is 0 Å². The fourth-order valence-electron chi connectivity index (χ4n) is 1.33. The van der Waals surface area contributed by atoms with Gasteiger partial charge in [0, 0.05) is 11.3 Å². The minimum atomic E-state index is -3.45. The Morgan fingerprint density at radius 1 is 1.44 bits per heavy atom. The number of carbonyl (C=O) groups is 1. The molecule has 0 aliphatic carbocycles. The Morgan fingerprint density at radius 2 is 2.00 bits per heavy atom. The van der Waals surface area contributed by atoms with E-state index < -0.39 is 21.7 Å². The van der Waals surface area contributed by atoms with Gasteiger partial charge < -0.3 is 5.11 Å². The summed E-state index contributed by atoms with van der Waals surface area (Å²) < 4.78 is 22.9. The lowest BCUT2D eigenvalue weighted by Gasteiger charge is -2.12. The topological polar surface area (TPSA) is 71.4 Å². The molecule has 6 heteroatoms. The second kappa shape index (κ2) is 4.43. The van der Waals surface area contributed by atoms with Gasteiger partial charge in [-0.25, -0.2) is 8.42 Å². The molecule has 1 N–H and O–H groups in total. The number of carboxylic acid groups (broad SMARTS) is 1. The molecular weight excluding hydrogens is 252 g/mol. The van der Waals surface area contributed by atoms with Crippen molar-refractivity contribution in [2.75, 3.05) is 6.26 Å². The van der Waals surface area contributed by atoms with E-state index in [2.05, 4.69) is 0 Å². The maximum absolute atomic E-state index is 11.5. The molecule has 0 saturated carbocycles. The van der Waals surface area contributed by atoms with Crippen molar-refractivity contribution in [2.45, 2.75) is 17.7 Å². The van der Waals surface area contributed by atoms with E-state index in [-0.39, 0.29) is 10.5 Å². The lowest BCUT2D eigenvalue weighted by atomic mass is 10.0. The van der Waals surface area contributed by atoms with Crippen LogP contribution in [-0.2, 0) is 14.6 Å². The summed E-state index contributed by atoms with van der Waals surface area (Å²) in [6.45, 7) is 1.42. The lowest BCUT2D eigenvalue weighted by Crippen LogP contribution is -2.12. The van der Waals surface area contributed by atoms with Crippen LogP contribution < -0.4 is 0 Å². The molecule has 88 valence electrons. The molecule has 0 aliphatic rings. The third-order valence-electron chi connectivity index (χ3n) is 2.21. The van der Waals surface area contributed by atoms with Crippen molar-refractivity contribution in [3.05, 3.63) is 28.8 Å². The third kappa shape index (κ3) is 2.74. The van der Waals surface area contributed by atoms with E-state index in [1.54, 1.807) is 0 Å². The molecule has 0 amide bonds. The average molecular weight is 263 g/mol. The molecule has 1 rings (SSSR count). The van der Waals surface area contributed by atoms with Gasteiger partial charge in [0.05, 0.1) is 10.8 Å². The Bertz CT molecular complexity index is 522. The van der Waals surface area contributed by atoms with Crippen LogP contribution in [0.1, 0.15) is 18.4 Å². The summed E-state index contributed by atoms with van der Waals surface area (Å²) in [5.74, 6) is -2.00. The summed E-state index contributed by atoms with van der Waals surface area (Å²) in [5, 5.41) is 9.19. The van der Waals surface area contributed by atoms with Crippen molar-refractivity contribution in [3.8, 4) is 0 Å². The molecule has 16 heavy (non-hydrogen) atoms. The standard InChI is InChI=1S/C10H11ClO4S/c1-6(10(12)13)8-5-7(11)3-4-9(8)16(2,14)15/h3-6H,1-2H3,(H,12,13). The molecular formula is C10H11ClO4S. The monoisotopic (exact) mass is 262 g/mol. The second-order valence-electron chi connectivity index (χ2n) is 3.51. The van der Waals surface area contributed by atoms with E-state index in [4.69, 9.17) is 16.7 Å². The van der Waals surface area contributed by atoms with E-state index in [9.17, 15) is 13.2 Å². The summed E-state index contributed by atoms with van der Waals surface area (Å²) in [4.78, 5) is 10.9. The van der Waals surface area contributed by atoms with Crippen molar-refractivity contribution in [1.82, 2.24) is 0 Å².